The summed E-state index contributed by atoms with van der Waals surface area (Å²) in [5, 5.41) is 12.1. The molecule has 98 valence electrons. The fourth-order valence-corrected chi connectivity index (χ4v) is 1.45. The van der Waals surface area contributed by atoms with Crippen molar-refractivity contribution in [2.45, 2.75) is 27.2 Å². The molecule has 0 saturated heterocycles. The third kappa shape index (κ3) is 3.87. The summed E-state index contributed by atoms with van der Waals surface area (Å²) in [5.41, 5.74) is 0.833. The van der Waals surface area contributed by atoms with E-state index >= 15 is 0 Å². The Hall–Kier alpha value is -1.84. The first-order chi connectivity index (χ1) is 8.33. The number of nitrogens with one attached hydrogen (secondary N) is 1. The minimum Gasteiger partial charge on any atom is -0.481 e. The largest absolute Gasteiger partial charge is 0.481 e. The van der Waals surface area contributed by atoms with Crippen LogP contribution in [0, 0.1) is 5.41 Å². The van der Waals surface area contributed by atoms with Crippen molar-refractivity contribution >= 4 is 17.4 Å². The molecule has 0 amide bonds. The van der Waals surface area contributed by atoms with Crippen molar-refractivity contribution in [3.05, 3.63) is 29.8 Å². The average molecular weight is 249 g/mol. The van der Waals surface area contributed by atoms with Crippen molar-refractivity contribution < 1.29 is 14.7 Å². The first kappa shape index (κ1) is 14.2. The molecule has 0 saturated carbocycles. The lowest BCUT2D eigenvalue weighted by Crippen LogP contribution is -2.26. The zero-order chi connectivity index (χ0) is 13.8. The molecule has 2 N–H and O–H groups in total. The molecule has 0 aliphatic carbocycles. The summed E-state index contributed by atoms with van der Waals surface area (Å²) < 4.78 is 0. The van der Waals surface area contributed by atoms with Crippen LogP contribution < -0.4 is 5.32 Å². The van der Waals surface area contributed by atoms with Crippen LogP contribution in [-0.2, 0) is 4.79 Å². The molecule has 0 heterocycles. The van der Waals surface area contributed by atoms with E-state index in [0.717, 1.165) is 5.69 Å². The zero-order valence-electron chi connectivity index (χ0n) is 11.0. The van der Waals surface area contributed by atoms with E-state index in [1.54, 1.807) is 26.0 Å². The van der Waals surface area contributed by atoms with Crippen molar-refractivity contribution in [1.82, 2.24) is 0 Å². The number of ketones is 1. The number of hydrogen-bond acceptors (Lipinski definition) is 3. The fourth-order valence-electron chi connectivity index (χ4n) is 1.45. The normalized spacial score (nSPS) is 11.1. The minimum atomic E-state index is -0.795. The van der Waals surface area contributed by atoms with Crippen LogP contribution >= 0.6 is 0 Å². The van der Waals surface area contributed by atoms with E-state index in [4.69, 9.17) is 5.11 Å². The fraction of sp³-hybridized carbons (Fsp3) is 0.429. The monoisotopic (exact) mass is 249 g/mol. The molecular formula is C14H19NO3. The number of carboxylic acid groups (broad SMARTS) is 1. The number of carbonyl (C=O) groups excluding carboxylic acids is 1. The van der Waals surface area contributed by atoms with Gasteiger partial charge in [-0.25, -0.2) is 0 Å². The Morgan fingerprint density at radius 2 is 1.78 bits per heavy atom. The first-order valence-electron chi connectivity index (χ1n) is 5.91. The maximum atomic E-state index is 11.1. The van der Waals surface area contributed by atoms with Gasteiger partial charge in [0, 0.05) is 17.8 Å². The van der Waals surface area contributed by atoms with Gasteiger partial charge >= 0.3 is 5.97 Å². The topological polar surface area (TPSA) is 66.4 Å². The number of benzene rings is 1. The van der Waals surface area contributed by atoms with E-state index in [1.165, 1.54) is 6.92 Å². The second-order valence-corrected chi connectivity index (χ2v) is 5.00. The Labute approximate surface area is 107 Å². The van der Waals surface area contributed by atoms with Crippen molar-refractivity contribution in [2.24, 2.45) is 5.41 Å². The molecule has 18 heavy (non-hydrogen) atoms. The summed E-state index contributed by atoms with van der Waals surface area (Å²) in [4.78, 5) is 22.0. The summed E-state index contributed by atoms with van der Waals surface area (Å²) >= 11 is 0. The predicted molar refractivity (Wildman–Crippen MR) is 71.0 cm³/mol. The Morgan fingerprint density at radius 3 is 2.22 bits per heavy atom. The van der Waals surface area contributed by atoms with Crippen LogP contribution in [0.2, 0.25) is 0 Å². The van der Waals surface area contributed by atoms with Crippen LogP contribution in [0.4, 0.5) is 5.69 Å². The van der Waals surface area contributed by atoms with Crippen LogP contribution in [0.25, 0.3) is 0 Å². The van der Waals surface area contributed by atoms with Crippen LogP contribution in [-0.4, -0.2) is 23.4 Å². The van der Waals surface area contributed by atoms with Gasteiger partial charge in [0.15, 0.2) is 5.78 Å². The van der Waals surface area contributed by atoms with E-state index < -0.39 is 11.4 Å². The van der Waals surface area contributed by atoms with Gasteiger partial charge in [0.1, 0.15) is 0 Å². The Balaban J connectivity index is 2.50. The Morgan fingerprint density at radius 1 is 1.22 bits per heavy atom. The van der Waals surface area contributed by atoms with E-state index in [9.17, 15) is 9.59 Å². The van der Waals surface area contributed by atoms with E-state index in [-0.39, 0.29) is 5.78 Å². The highest BCUT2D eigenvalue weighted by Gasteiger charge is 2.26. The second kappa shape index (κ2) is 5.67. The molecule has 0 aromatic heterocycles. The lowest BCUT2D eigenvalue weighted by atomic mass is 9.90. The van der Waals surface area contributed by atoms with Gasteiger partial charge in [-0.2, -0.15) is 0 Å². The summed E-state index contributed by atoms with van der Waals surface area (Å²) in [6.07, 6.45) is 0.538. The van der Waals surface area contributed by atoms with Crippen molar-refractivity contribution in [2.75, 3.05) is 11.9 Å². The molecule has 4 nitrogen and oxygen atoms in total. The predicted octanol–water partition coefficient (Wildman–Crippen LogP) is 2.80. The van der Waals surface area contributed by atoms with Crippen molar-refractivity contribution in [1.29, 1.82) is 0 Å². The summed E-state index contributed by atoms with van der Waals surface area (Å²) in [6, 6.07) is 7.16. The third-order valence-corrected chi connectivity index (χ3v) is 2.95. The minimum absolute atomic E-state index is 0.0357. The number of hydrogen-bond donors (Lipinski definition) is 2. The smallest absolute Gasteiger partial charge is 0.309 e. The summed E-state index contributed by atoms with van der Waals surface area (Å²) in [7, 11) is 0. The molecule has 0 radical (unpaired) electrons. The quantitative estimate of drug-likeness (QED) is 0.761. The molecule has 0 spiro atoms. The number of carbonyl (C=O) groups is 2. The highest BCUT2D eigenvalue weighted by molar-refractivity contribution is 5.94. The molecule has 1 aromatic rings. The molecule has 0 fully saturated rings. The maximum Gasteiger partial charge on any atom is 0.309 e. The molecule has 0 atom stereocenters. The Kier molecular flexibility index (Phi) is 4.48. The van der Waals surface area contributed by atoms with Gasteiger partial charge in [0.25, 0.3) is 0 Å². The van der Waals surface area contributed by atoms with Gasteiger partial charge in [-0.3, -0.25) is 9.59 Å². The maximum absolute atomic E-state index is 11.1. The van der Waals surface area contributed by atoms with Gasteiger partial charge in [-0.1, -0.05) is 0 Å². The van der Waals surface area contributed by atoms with Crippen LogP contribution in [0.3, 0.4) is 0 Å². The number of aliphatic carboxylic acids is 1. The Bertz CT molecular complexity index is 435. The van der Waals surface area contributed by atoms with E-state index in [2.05, 4.69) is 5.32 Å². The zero-order valence-corrected chi connectivity index (χ0v) is 11.0. The molecule has 1 aromatic carbocycles. The molecule has 0 unspecified atom stereocenters. The molecule has 0 bridgehead atoms. The van der Waals surface area contributed by atoms with Crippen LogP contribution in [0.5, 0.6) is 0 Å². The number of Topliss-reactive ketones (excluding diaryl/α,β-unsaturated/α-hetero) is 1. The highest BCUT2D eigenvalue weighted by Crippen LogP contribution is 2.20. The standard InChI is InChI=1S/C14H19NO3/c1-10(16)11-4-6-12(7-5-11)15-9-8-14(2,3)13(17)18/h4-7,15H,8-9H2,1-3H3,(H,17,18). The van der Waals surface area contributed by atoms with E-state index in [1.807, 2.05) is 12.1 Å². The SMILES string of the molecule is CC(=O)c1ccc(NCCC(C)(C)C(=O)O)cc1. The second-order valence-electron chi connectivity index (χ2n) is 5.00. The van der Waals surface area contributed by atoms with Crippen molar-refractivity contribution in [3.63, 3.8) is 0 Å². The lowest BCUT2D eigenvalue weighted by Gasteiger charge is -2.19. The average Bonchev–Trinajstić information content (AvgIpc) is 2.29. The van der Waals surface area contributed by atoms with Crippen LogP contribution in [0.1, 0.15) is 37.6 Å². The highest BCUT2D eigenvalue weighted by atomic mass is 16.4. The van der Waals surface area contributed by atoms with Gasteiger partial charge in [-0.05, 0) is 51.5 Å². The number of rotatable bonds is 6. The molecular weight excluding hydrogens is 230 g/mol. The van der Waals surface area contributed by atoms with Gasteiger partial charge in [0.2, 0.25) is 0 Å². The number of anilines is 1. The van der Waals surface area contributed by atoms with Crippen LogP contribution in [0.15, 0.2) is 24.3 Å². The molecule has 0 aliphatic rings. The molecule has 4 heteroatoms. The van der Waals surface area contributed by atoms with Gasteiger partial charge in [0.05, 0.1) is 5.41 Å². The molecule has 1 rings (SSSR count). The van der Waals surface area contributed by atoms with Gasteiger partial charge < -0.3 is 10.4 Å². The molecule has 0 aliphatic heterocycles. The number of carboxylic acids is 1. The van der Waals surface area contributed by atoms with Crippen molar-refractivity contribution in [3.8, 4) is 0 Å². The first-order valence-corrected chi connectivity index (χ1v) is 5.91. The summed E-state index contributed by atoms with van der Waals surface area (Å²) in [6.45, 7) is 5.52. The summed E-state index contributed by atoms with van der Waals surface area (Å²) in [5.74, 6) is -0.759. The van der Waals surface area contributed by atoms with Gasteiger partial charge in [-0.15, -0.1) is 0 Å². The third-order valence-electron chi connectivity index (χ3n) is 2.95. The lowest BCUT2D eigenvalue weighted by molar-refractivity contribution is -0.147. The van der Waals surface area contributed by atoms with E-state index in [0.29, 0.717) is 18.5 Å².